The van der Waals surface area contributed by atoms with Crippen LogP contribution in [0.5, 0.6) is 0 Å². The zero-order valence-corrected chi connectivity index (χ0v) is 21.8. The van der Waals surface area contributed by atoms with Crippen LogP contribution in [0.1, 0.15) is 53.9 Å². The average molecular weight is 501 g/mol. The third-order valence-electron chi connectivity index (χ3n) is 8.34. The Morgan fingerprint density at radius 1 is 0.730 bits per heavy atom. The zero-order chi connectivity index (χ0) is 25.1. The molecule has 2 nitrogen and oxygen atoms in total. The monoisotopic (exact) mass is 500 g/mol. The molecule has 0 saturated heterocycles. The van der Waals surface area contributed by atoms with Crippen LogP contribution in [0.4, 0.5) is 0 Å². The van der Waals surface area contributed by atoms with Gasteiger partial charge in [-0.1, -0.05) is 115 Å². The van der Waals surface area contributed by atoms with E-state index in [1.54, 1.807) is 0 Å². The van der Waals surface area contributed by atoms with Gasteiger partial charge in [0.2, 0.25) is 0 Å². The number of fused-ring (bicyclic) bond motifs is 2. The Bertz CT molecular complexity index is 1310. The Morgan fingerprint density at radius 2 is 1.27 bits per heavy atom. The third kappa shape index (κ3) is 4.50. The summed E-state index contributed by atoms with van der Waals surface area (Å²) in [5.74, 6) is 0.605. The van der Waals surface area contributed by atoms with Crippen LogP contribution in [0, 0.1) is 17.2 Å². The van der Waals surface area contributed by atoms with Gasteiger partial charge in [-0.3, -0.25) is 0 Å². The summed E-state index contributed by atoms with van der Waals surface area (Å²) in [5, 5.41) is 14.8. The first kappa shape index (κ1) is 24.0. The summed E-state index contributed by atoms with van der Waals surface area (Å²) in [7, 11) is 0. The molecule has 0 bridgehead atoms. The highest BCUT2D eigenvalue weighted by molar-refractivity contribution is 7.99. The molecule has 0 radical (unpaired) electrons. The summed E-state index contributed by atoms with van der Waals surface area (Å²) in [6.07, 6.45) is 4.37. The Balaban J connectivity index is 1.27. The Morgan fingerprint density at radius 3 is 1.84 bits per heavy atom. The predicted octanol–water partition coefficient (Wildman–Crippen LogP) is 7.94. The fourth-order valence-corrected chi connectivity index (χ4v) is 7.73. The van der Waals surface area contributed by atoms with E-state index in [2.05, 4.69) is 108 Å². The molecule has 37 heavy (non-hydrogen) atoms. The van der Waals surface area contributed by atoms with Gasteiger partial charge in [0.05, 0.1) is 6.07 Å². The average Bonchev–Trinajstić information content (AvgIpc) is 2.97. The number of benzene rings is 4. The summed E-state index contributed by atoms with van der Waals surface area (Å²) in [5.41, 5.74) is 4.43. The van der Waals surface area contributed by atoms with E-state index in [0.717, 1.165) is 43.4 Å². The van der Waals surface area contributed by atoms with Crippen LogP contribution in [0.15, 0.2) is 119 Å². The van der Waals surface area contributed by atoms with Crippen LogP contribution in [0.3, 0.4) is 0 Å². The van der Waals surface area contributed by atoms with Gasteiger partial charge in [0.15, 0.2) is 0 Å². The fraction of sp³-hybridized carbons (Fsp3) is 0.265. The number of hydrogen-bond donors (Lipinski definition) is 1. The van der Waals surface area contributed by atoms with Crippen LogP contribution < -0.4 is 5.32 Å². The fourth-order valence-electron chi connectivity index (χ4n) is 6.54. The van der Waals surface area contributed by atoms with Gasteiger partial charge >= 0.3 is 0 Å². The second-order valence-corrected chi connectivity index (χ2v) is 11.4. The van der Waals surface area contributed by atoms with Gasteiger partial charge in [0.1, 0.15) is 5.41 Å². The maximum atomic E-state index is 10.8. The maximum Gasteiger partial charge on any atom is 0.110 e. The molecule has 1 heterocycles. The Kier molecular flexibility index (Phi) is 6.87. The van der Waals surface area contributed by atoms with E-state index in [0.29, 0.717) is 12.0 Å². The molecule has 3 heteroatoms. The highest BCUT2D eigenvalue weighted by Crippen LogP contribution is 2.47. The number of nitrogens with zero attached hydrogens (tertiary/aromatic N) is 1. The van der Waals surface area contributed by atoms with Crippen molar-refractivity contribution in [3.8, 4) is 6.07 Å². The van der Waals surface area contributed by atoms with Crippen molar-refractivity contribution in [1.29, 1.82) is 5.26 Å². The van der Waals surface area contributed by atoms with E-state index in [9.17, 15) is 5.26 Å². The molecule has 0 aromatic heterocycles. The van der Waals surface area contributed by atoms with Crippen molar-refractivity contribution in [3.63, 3.8) is 0 Å². The lowest BCUT2D eigenvalue weighted by Crippen LogP contribution is -2.44. The molecule has 1 aliphatic carbocycles. The van der Waals surface area contributed by atoms with E-state index in [-0.39, 0.29) is 5.92 Å². The lowest BCUT2D eigenvalue weighted by molar-refractivity contribution is 0.233. The van der Waals surface area contributed by atoms with E-state index >= 15 is 0 Å². The van der Waals surface area contributed by atoms with E-state index in [1.165, 1.54) is 20.9 Å². The molecule has 0 spiro atoms. The van der Waals surface area contributed by atoms with Crippen molar-refractivity contribution >= 4 is 11.8 Å². The van der Waals surface area contributed by atoms with Crippen molar-refractivity contribution in [1.82, 2.24) is 5.32 Å². The third-order valence-corrected chi connectivity index (χ3v) is 9.52. The number of nitriles is 1. The first-order chi connectivity index (χ1) is 18.3. The summed E-state index contributed by atoms with van der Waals surface area (Å²) >= 11 is 1.89. The van der Waals surface area contributed by atoms with E-state index in [1.807, 2.05) is 23.9 Å². The molecule has 6 rings (SSSR count). The largest absolute Gasteiger partial charge is 0.313 e. The molecule has 4 aromatic carbocycles. The molecule has 1 saturated carbocycles. The van der Waals surface area contributed by atoms with Gasteiger partial charge in [0.25, 0.3) is 0 Å². The quantitative estimate of drug-likeness (QED) is 0.292. The van der Waals surface area contributed by atoms with Crippen molar-refractivity contribution in [2.24, 2.45) is 5.92 Å². The van der Waals surface area contributed by atoms with Crippen LogP contribution in [-0.2, 0) is 5.41 Å². The van der Waals surface area contributed by atoms with Crippen LogP contribution >= 0.6 is 11.8 Å². The normalized spacial score (nSPS) is 19.4. The minimum absolute atomic E-state index is 0.259. The second-order valence-electron chi connectivity index (χ2n) is 10.4. The van der Waals surface area contributed by atoms with Gasteiger partial charge in [-0.05, 0) is 59.6 Å². The van der Waals surface area contributed by atoms with Crippen molar-refractivity contribution in [3.05, 3.63) is 131 Å². The predicted molar refractivity (Wildman–Crippen MR) is 152 cm³/mol. The van der Waals surface area contributed by atoms with Gasteiger partial charge in [-0.2, -0.15) is 5.26 Å². The molecule has 2 aliphatic rings. The first-order valence-electron chi connectivity index (χ1n) is 13.4. The molecule has 184 valence electrons. The highest BCUT2D eigenvalue weighted by Gasteiger charge is 2.44. The number of rotatable bonds is 6. The maximum absolute atomic E-state index is 10.8. The Hall–Kier alpha value is -3.32. The summed E-state index contributed by atoms with van der Waals surface area (Å²) in [4.78, 5) is 2.73. The zero-order valence-electron chi connectivity index (χ0n) is 21.0. The molecular weight excluding hydrogens is 468 g/mol. The van der Waals surface area contributed by atoms with Crippen molar-refractivity contribution in [2.75, 3.05) is 6.54 Å². The smallest absolute Gasteiger partial charge is 0.110 e. The molecular formula is C34H32N2S. The van der Waals surface area contributed by atoms with Gasteiger partial charge in [0, 0.05) is 28.3 Å². The van der Waals surface area contributed by atoms with Gasteiger partial charge in [-0.15, -0.1) is 0 Å². The van der Waals surface area contributed by atoms with Crippen molar-refractivity contribution < 1.29 is 0 Å². The second kappa shape index (κ2) is 10.6. The molecule has 4 aromatic rings. The van der Waals surface area contributed by atoms with Crippen LogP contribution in [0.2, 0.25) is 0 Å². The molecule has 1 aliphatic heterocycles. The minimum atomic E-state index is -0.635. The molecule has 0 unspecified atom stereocenters. The number of hydrogen-bond acceptors (Lipinski definition) is 3. The molecule has 2 atom stereocenters. The summed E-state index contributed by atoms with van der Waals surface area (Å²) in [6, 6.07) is 41.9. The molecule has 1 N–H and O–H groups in total. The minimum Gasteiger partial charge on any atom is -0.313 e. The van der Waals surface area contributed by atoms with Crippen LogP contribution in [0.25, 0.3) is 0 Å². The van der Waals surface area contributed by atoms with Gasteiger partial charge in [-0.25, -0.2) is 0 Å². The standard InChI is InChI=1S/C34H32N2S/c35-24-34(25-12-3-1-4-13-25,26-14-5-2-6-15-26)27-16-11-17-28(22-27)36-23-31-29-18-7-9-20-32(29)37-33-21-10-8-19-30(31)33/h1-10,12-15,18-21,27-28,31,36H,11,16-17,22-23H2/t27-,28+/m1/s1. The lowest BCUT2D eigenvalue weighted by atomic mass is 9.61. The highest BCUT2D eigenvalue weighted by atomic mass is 32.2. The van der Waals surface area contributed by atoms with E-state index < -0.39 is 5.41 Å². The number of nitrogens with one attached hydrogen (secondary N) is 1. The topological polar surface area (TPSA) is 35.8 Å². The van der Waals surface area contributed by atoms with Crippen LogP contribution in [-0.4, -0.2) is 12.6 Å². The Labute approximate surface area is 224 Å². The molecule has 1 fully saturated rings. The van der Waals surface area contributed by atoms with E-state index in [4.69, 9.17) is 0 Å². The van der Waals surface area contributed by atoms with Gasteiger partial charge < -0.3 is 5.32 Å². The SMILES string of the molecule is N#CC(c1ccccc1)(c1ccccc1)[C@@H]1CCC[C@H](NCC2c3ccccc3Sc3ccccc32)C1. The summed E-state index contributed by atoms with van der Waals surface area (Å²) in [6.45, 7) is 0.919. The first-order valence-corrected chi connectivity index (χ1v) is 14.2. The molecule has 0 amide bonds. The lowest BCUT2D eigenvalue weighted by Gasteiger charge is -2.41. The summed E-state index contributed by atoms with van der Waals surface area (Å²) < 4.78 is 0. The van der Waals surface area contributed by atoms with Crippen molar-refractivity contribution in [2.45, 2.75) is 52.8 Å².